The van der Waals surface area contributed by atoms with Crippen LogP contribution in [0.1, 0.15) is 13.3 Å². The number of benzene rings is 1. The van der Waals surface area contributed by atoms with Gasteiger partial charge in [-0.15, -0.1) is 0 Å². The highest BCUT2D eigenvalue weighted by atomic mass is 35.5. The van der Waals surface area contributed by atoms with Gasteiger partial charge in [-0.25, -0.2) is 4.90 Å². The van der Waals surface area contributed by atoms with E-state index in [9.17, 15) is 9.59 Å². The van der Waals surface area contributed by atoms with Crippen LogP contribution in [0.25, 0.3) is 0 Å². The lowest BCUT2D eigenvalue weighted by atomic mass is 9.71. The van der Waals surface area contributed by atoms with Crippen LogP contribution in [0, 0.1) is 23.2 Å². The van der Waals surface area contributed by atoms with Crippen molar-refractivity contribution in [3.05, 3.63) is 39.4 Å². The van der Waals surface area contributed by atoms with Gasteiger partial charge >= 0.3 is 0 Å². The molecule has 2 fully saturated rings. The molecule has 4 rings (SSSR count). The SMILES string of the molecule is CC12C(=O)N(c3cc(Cl)c(Cl)c(Cl)c3)C(=O)C1C1C=CC2C1. The first-order valence-electron chi connectivity index (χ1n) is 7.07. The summed E-state index contributed by atoms with van der Waals surface area (Å²) in [5.41, 5.74) is -0.265. The van der Waals surface area contributed by atoms with Crippen LogP contribution in [0.2, 0.25) is 15.1 Å². The molecule has 3 aliphatic rings. The van der Waals surface area contributed by atoms with Crippen LogP contribution in [-0.4, -0.2) is 11.8 Å². The van der Waals surface area contributed by atoms with Crippen molar-refractivity contribution >= 4 is 52.3 Å². The minimum absolute atomic E-state index is 0.127. The summed E-state index contributed by atoms with van der Waals surface area (Å²) in [7, 11) is 0. The van der Waals surface area contributed by atoms with E-state index in [0.717, 1.165) is 6.42 Å². The molecular weight excluding hydrogens is 345 g/mol. The van der Waals surface area contributed by atoms with E-state index in [0.29, 0.717) is 5.69 Å². The molecule has 4 unspecified atom stereocenters. The fourth-order valence-electron chi connectivity index (χ4n) is 4.22. The normalized spacial score (nSPS) is 35.6. The minimum atomic E-state index is -0.658. The standard InChI is InChI=1S/C16H12Cl3NO2/c1-16-8-3-2-7(4-8)12(16)14(21)20(15(16)22)9-5-10(17)13(19)11(18)6-9/h2-3,5-8,12H,4H2,1H3. The number of imide groups is 1. The van der Waals surface area contributed by atoms with E-state index in [-0.39, 0.29) is 44.6 Å². The van der Waals surface area contributed by atoms with Crippen molar-refractivity contribution in [1.29, 1.82) is 0 Å². The highest BCUT2D eigenvalue weighted by molar-refractivity contribution is 6.48. The zero-order valence-electron chi connectivity index (χ0n) is 11.6. The number of anilines is 1. The largest absolute Gasteiger partial charge is 0.274 e. The highest BCUT2D eigenvalue weighted by Gasteiger charge is 2.67. The summed E-state index contributed by atoms with van der Waals surface area (Å²) in [5.74, 6) is -0.354. The summed E-state index contributed by atoms with van der Waals surface area (Å²) in [4.78, 5) is 27.0. The van der Waals surface area contributed by atoms with E-state index in [1.807, 2.05) is 6.92 Å². The van der Waals surface area contributed by atoms with Crippen LogP contribution in [0.15, 0.2) is 24.3 Å². The lowest BCUT2D eigenvalue weighted by Crippen LogP contribution is -2.37. The molecule has 4 atom stereocenters. The topological polar surface area (TPSA) is 37.4 Å². The minimum Gasteiger partial charge on any atom is -0.274 e. The highest BCUT2D eigenvalue weighted by Crippen LogP contribution is 2.61. The number of amides is 2. The van der Waals surface area contributed by atoms with Gasteiger partial charge in [0, 0.05) is 0 Å². The van der Waals surface area contributed by atoms with Gasteiger partial charge in [0.2, 0.25) is 11.8 Å². The molecule has 2 bridgehead atoms. The van der Waals surface area contributed by atoms with Gasteiger partial charge < -0.3 is 0 Å². The Kier molecular flexibility index (Phi) is 2.98. The molecule has 1 aromatic rings. The Hall–Kier alpha value is -1.03. The molecule has 6 heteroatoms. The van der Waals surface area contributed by atoms with Gasteiger partial charge in [0.15, 0.2) is 0 Å². The van der Waals surface area contributed by atoms with Crippen molar-refractivity contribution in [2.24, 2.45) is 23.2 Å². The maximum Gasteiger partial charge on any atom is 0.241 e. The maximum atomic E-state index is 13.0. The molecule has 114 valence electrons. The molecule has 1 heterocycles. The first-order valence-corrected chi connectivity index (χ1v) is 8.20. The van der Waals surface area contributed by atoms with Crippen molar-refractivity contribution in [2.45, 2.75) is 13.3 Å². The maximum absolute atomic E-state index is 13.0. The van der Waals surface area contributed by atoms with Crippen LogP contribution >= 0.6 is 34.8 Å². The quantitative estimate of drug-likeness (QED) is 0.426. The molecular formula is C16H12Cl3NO2. The van der Waals surface area contributed by atoms with Crippen LogP contribution in [-0.2, 0) is 9.59 Å². The summed E-state index contributed by atoms with van der Waals surface area (Å²) in [5, 5.41) is 0.681. The van der Waals surface area contributed by atoms with Gasteiger partial charge in [-0.1, -0.05) is 47.0 Å². The van der Waals surface area contributed by atoms with Crippen molar-refractivity contribution in [3.8, 4) is 0 Å². The summed E-state index contributed by atoms with van der Waals surface area (Å²) in [6, 6.07) is 3.04. The van der Waals surface area contributed by atoms with Crippen molar-refractivity contribution in [1.82, 2.24) is 0 Å². The molecule has 1 saturated carbocycles. The monoisotopic (exact) mass is 355 g/mol. The summed E-state index contributed by atoms with van der Waals surface area (Å²) in [6.45, 7) is 1.89. The molecule has 1 aliphatic heterocycles. The fourth-order valence-corrected chi connectivity index (χ4v) is 4.81. The van der Waals surface area contributed by atoms with Crippen LogP contribution in [0.3, 0.4) is 0 Å². The van der Waals surface area contributed by atoms with Gasteiger partial charge in [-0.2, -0.15) is 0 Å². The smallest absolute Gasteiger partial charge is 0.241 e. The van der Waals surface area contributed by atoms with Crippen LogP contribution < -0.4 is 4.90 Å². The van der Waals surface area contributed by atoms with Crippen LogP contribution in [0.5, 0.6) is 0 Å². The summed E-state index contributed by atoms with van der Waals surface area (Å²) < 4.78 is 0. The predicted octanol–water partition coefficient (Wildman–Crippen LogP) is 4.35. The zero-order chi connectivity index (χ0) is 15.8. The lowest BCUT2D eigenvalue weighted by molar-refractivity contribution is -0.127. The van der Waals surface area contributed by atoms with Crippen molar-refractivity contribution in [2.75, 3.05) is 4.90 Å². The Bertz CT molecular complexity index is 737. The number of hydrogen-bond donors (Lipinski definition) is 0. The third-order valence-corrected chi connectivity index (χ3v) is 6.54. The first kappa shape index (κ1) is 14.6. The van der Waals surface area contributed by atoms with E-state index in [1.54, 1.807) is 0 Å². The van der Waals surface area contributed by atoms with Crippen molar-refractivity contribution in [3.63, 3.8) is 0 Å². The summed E-state index contributed by atoms with van der Waals surface area (Å²) in [6.07, 6.45) is 5.01. The molecule has 0 aromatic heterocycles. The van der Waals surface area contributed by atoms with Gasteiger partial charge in [-0.05, 0) is 37.3 Å². The average Bonchev–Trinajstić information content (AvgIpc) is 3.09. The van der Waals surface area contributed by atoms with E-state index in [2.05, 4.69) is 12.2 Å². The van der Waals surface area contributed by atoms with Gasteiger partial charge in [0.1, 0.15) is 0 Å². The number of allylic oxidation sites excluding steroid dienone is 2. The molecule has 0 N–H and O–H groups in total. The van der Waals surface area contributed by atoms with Crippen molar-refractivity contribution < 1.29 is 9.59 Å². The number of carbonyl (C=O) groups is 2. The molecule has 1 aromatic carbocycles. The first-order chi connectivity index (χ1) is 10.4. The van der Waals surface area contributed by atoms with E-state index >= 15 is 0 Å². The number of hydrogen-bond acceptors (Lipinski definition) is 2. The Balaban J connectivity index is 1.83. The fraction of sp³-hybridized carbons (Fsp3) is 0.375. The van der Waals surface area contributed by atoms with E-state index in [1.165, 1.54) is 17.0 Å². The van der Waals surface area contributed by atoms with Gasteiger partial charge in [0.05, 0.1) is 32.1 Å². The van der Waals surface area contributed by atoms with Crippen LogP contribution in [0.4, 0.5) is 5.69 Å². The number of nitrogens with zero attached hydrogens (tertiary/aromatic N) is 1. The third-order valence-electron chi connectivity index (χ3n) is 5.34. The molecule has 0 radical (unpaired) electrons. The second-order valence-corrected chi connectivity index (χ2v) is 7.55. The Morgan fingerprint density at radius 3 is 2.36 bits per heavy atom. The second-order valence-electron chi connectivity index (χ2n) is 6.35. The molecule has 22 heavy (non-hydrogen) atoms. The van der Waals surface area contributed by atoms with Gasteiger partial charge in [-0.3, -0.25) is 9.59 Å². The molecule has 2 amide bonds. The Morgan fingerprint density at radius 2 is 1.77 bits per heavy atom. The number of rotatable bonds is 1. The zero-order valence-corrected chi connectivity index (χ0v) is 13.9. The number of carbonyl (C=O) groups excluding carboxylic acids is 2. The third kappa shape index (κ3) is 1.60. The molecule has 1 saturated heterocycles. The lowest BCUT2D eigenvalue weighted by Gasteiger charge is -2.28. The Labute approximate surface area is 142 Å². The van der Waals surface area contributed by atoms with E-state index < -0.39 is 5.41 Å². The second kappa shape index (κ2) is 4.50. The Morgan fingerprint density at radius 1 is 1.14 bits per heavy atom. The summed E-state index contributed by atoms with van der Waals surface area (Å²) >= 11 is 18.0. The molecule has 0 spiro atoms. The van der Waals surface area contributed by atoms with E-state index in [4.69, 9.17) is 34.8 Å². The molecule has 2 aliphatic carbocycles. The predicted molar refractivity (Wildman–Crippen MR) is 86.3 cm³/mol. The molecule has 3 nitrogen and oxygen atoms in total. The number of halogens is 3. The average molecular weight is 357 g/mol. The number of fused-ring (bicyclic) bond motifs is 5. The van der Waals surface area contributed by atoms with Gasteiger partial charge in [0.25, 0.3) is 0 Å².